The Labute approximate surface area is 144 Å². The molecule has 4 rings (SSSR count). The van der Waals surface area contributed by atoms with E-state index in [4.69, 9.17) is 30.4 Å². The highest BCUT2D eigenvalue weighted by Gasteiger charge is 2.42. The van der Waals surface area contributed by atoms with Gasteiger partial charge in [-0.15, -0.1) is 0 Å². The van der Waals surface area contributed by atoms with Crippen molar-refractivity contribution in [2.75, 3.05) is 26.4 Å². The smallest absolute Gasteiger partial charge is 0.0813 e. The topological polar surface area (TPSA) is 102 Å². The van der Waals surface area contributed by atoms with Gasteiger partial charge in [-0.25, -0.2) is 0 Å². The van der Waals surface area contributed by atoms with Gasteiger partial charge in [0.25, 0.3) is 0 Å². The van der Waals surface area contributed by atoms with E-state index in [2.05, 4.69) is 0 Å². The molecular formula is C18H32N2O4. The molecule has 0 bridgehead atoms. The molecule has 7 unspecified atom stereocenters. The van der Waals surface area contributed by atoms with Crippen molar-refractivity contribution in [3.63, 3.8) is 0 Å². The van der Waals surface area contributed by atoms with Crippen LogP contribution in [-0.4, -0.2) is 57.0 Å². The molecule has 24 heavy (non-hydrogen) atoms. The molecule has 0 aromatic rings. The van der Waals surface area contributed by atoms with Crippen LogP contribution in [-0.2, 0) is 18.9 Å². The van der Waals surface area contributed by atoms with Gasteiger partial charge in [0.2, 0.25) is 0 Å². The van der Waals surface area contributed by atoms with Crippen LogP contribution in [0.15, 0.2) is 0 Å². The van der Waals surface area contributed by atoms with Crippen LogP contribution < -0.4 is 11.5 Å². The second-order valence-corrected chi connectivity index (χ2v) is 8.12. The van der Waals surface area contributed by atoms with Crippen LogP contribution in [0.2, 0.25) is 0 Å². The summed E-state index contributed by atoms with van der Waals surface area (Å²) in [5.74, 6) is 1.42. The molecule has 6 nitrogen and oxygen atoms in total. The van der Waals surface area contributed by atoms with Crippen LogP contribution in [0.1, 0.15) is 38.5 Å². The first-order valence-corrected chi connectivity index (χ1v) is 9.66. The molecule has 0 aliphatic carbocycles. The normalized spacial score (nSPS) is 37.1. The van der Waals surface area contributed by atoms with Crippen LogP contribution in [0.5, 0.6) is 0 Å². The maximum Gasteiger partial charge on any atom is 0.0813 e. The van der Waals surface area contributed by atoms with Gasteiger partial charge in [-0.3, -0.25) is 0 Å². The van der Waals surface area contributed by atoms with E-state index in [1.165, 1.54) is 19.3 Å². The fraction of sp³-hybridized carbons (Fsp3) is 1.00. The highest BCUT2D eigenvalue weighted by Crippen LogP contribution is 2.41. The fourth-order valence-electron chi connectivity index (χ4n) is 4.24. The van der Waals surface area contributed by atoms with Gasteiger partial charge < -0.3 is 30.4 Å². The molecule has 4 N–H and O–H groups in total. The Morgan fingerprint density at radius 3 is 1.71 bits per heavy atom. The lowest BCUT2D eigenvalue weighted by atomic mass is 9.71. The van der Waals surface area contributed by atoms with Gasteiger partial charge in [-0.05, 0) is 49.9 Å². The quantitative estimate of drug-likeness (QED) is 0.383. The first-order chi connectivity index (χ1) is 11.7. The van der Waals surface area contributed by atoms with Crippen LogP contribution in [0.3, 0.4) is 0 Å². The van der Waals surface area contributed by atoms with Crippen LogP contribution in [0, 0.1) is 17.8 Å². The summed E-state index contributed by atoms with van der Waals surface area (Å²) < 4.78 is 21.9. The van der Waals surface area contributed by atoms with Gasteiger partial charge in [-0.1, -0.05) is 6.42 Å². The SMILES string of the molecule is NC(N)C(CC1CO1)C(CC1CO1)C(CCCC1CO1)CC1CO1. The van der Waals surface area contributed by atoms with Crippen molar-refractivity contribution >= 4 is 0 Å². The van der Waals surface area contributed by atoms with E-state index in [1.807, 2.05) is 0 Å². The molecule has 7 atom stereocenters. The minimum atomic E-state index is -0.285. The summed E-state index contributed by atoms with van der Waals surface area (Å²) in [6.07, 6.45) is 8.27. The Bertz CT molecular complexity index is 406. The zero-order valence-corrected chi connectivity index (χ0v) is 14.5. The summed E-state index contributed by atoms with van der Waals surface area (Å²) in [4.78, 5) is 0. The lowest BCUT2D eigenvalue weighted by molar-refractivity contribution is 0.128. The third-order valence-electron chi connectivity index (χ3n) is 6.00. The van der Waals surface area contributed by atoms with Crippen molar-refractivity contribution in [1.29, 1.82) is 0 Å². The van der Waals surface area contributed by atoms with E-state index in [-0.39, 0.29) is 6.17 Å². The number of epoxide rings is 4. The number of ether oxygens (including phenoxy) is 4. The maximum absolute atomic E-state index is 6.21. The minimum Gasteiger partial charge on any atom is -0.373 e. The molecule has 0 radical (unpaired) electrons. The average Bonchev–Trinajstić information content (AvgIpc) is 3.39. The molecule has 4 heterocycles. The summed E-state index contributed by atoms with van der Waals surface area (Å²) in [5.41, 5.74) is 12.4. The molecule has 0 spiro atoms. The van der Waals surface area contributed by atoms with E-state index < -0.39 is 0 Å². The Kier molecular flexibility index (Phi) is 5.41. The monoisotopic (exact) mass is 340 g/mol. The predicted molar refractivity (Wildman–Crippen MR) is 89.3 cm³/mol. The molecule has 4 aliphatic rings. The van der Waals surface area contributed by atoms with Gasteiger partial charge in [0.1, 0.15) is 0 Å². The van der Waals surface area contributed by atoms with E-state index in [0.717, 1.165) is 45.7 Å². The zero-order chi connectivity index (χ0) is 16.5. The van der Waals surface area contributed by atoms with Crippen molar-refractivity contribution in [3.8, 4) is 0 Å². The third kappa shape index (κ3) is 5.38. The standard InChI is InChI=1S/C18H32N2O4/c19-18(20)17(6-15-10-24-15)16(5-14-9-23-14)11(4-13-8-22-13)2-1-3-12-7-21-12/h11-18H,1-10,19-20H2. The Balaban J connectivity index is 1.40. The number of rotatable bonds is 13. The van der Waals surface area contributed by atoms with Crippen LogP contribution in [0.4, 0.5) is 0 Å². The minimum absolute atomic E-state index is 0.285. The van der Waals surface area contributed by atoms with Crippen molar-refractivity contribution in [3.05, 3.63) is 0 Å². The van der Waals surface area contributed by atoms with Crippen molar-refractivity contribution < 1.29 is 18.9 Å². The fourth-order valence-corrected chi connectivity index (χ4v) is 4.24. The highest BCUT2D eigenvalue weighted by atomic mass is 16.6. The summed E-state index contributed by atoms with van der Waals surface area (Å²) in [5, 5.41) is 0. The first-order valence-electron chi connectivity index (χ1n) is 9.66. The highest BCUT2D eigenvalue weighted by molar-refractivity contribution is 4.91. The second kappa shape index (κ2) is 7.56. The molecule has 6 heteroatoms. The van der Waals surface area contributed by atoms with Gasteiger partial charge >= 0.3 is 0 Å². The van der Waals surface area contributed by atoms with Gasteiger partial charge in [0.05, 0.1) is 57.0 Å². The summed E-state index contributed by atoms with van der Waals surface area (Å²) in [6, 6.07) is 0. The van der Waals surface area contributed by atoms with Gasteiger partial charge in [-0.2, -0.15) is 0 Å². The Morgan fingerprint density at radius 2 is 1.21 bits per heavy atom. The van der Waals surface area contributed by atoms with Crippen molar-refractivity contribution in [2.45, 2.75) is 69.1 Å². The lowest BCUT2D eigenvalue weighted by Crippen LogP contribution is -2.45. The van der Waals surface area contributed by atoms with E-state index in [0.29, 0.717) is 42.2 Å². The molecule has 0 aromatic carbocycles. The molecule has 4 aliphatic heterocycles. The predicted octanol–water partition coefficient (Wildman–Crippen LogP) is 1.01. The molecule has 138 valence electrons. The van der Waals surface area contributed by atoms with E-state index >= 15 is 0 Å². The molecule has 4 saturated heterocycles. The summed E-state index contributed by atoms with van der Waals surface area (Å²) in [7, 11) is 0. The van der Waals surface area contributed by atoms with Gasteiger partial charge in [0.15, 0.2) is 0 Å². The molecule has 4 fully saturated rings. The lowest BCUT2D eigenvalue weighted by Gasteiger charge is -2.35. The number of hydrogen-bond acceptors (Lipinski definition) is 6. The molecule has 0 saturated carbocycles. The van der Waals surface area contributed by atoms with Crippen LogP contribution >= 0.6 is 0 Å². The van der Waals surface area contributed by atoms with Crippen LogP contribution in [0.25, 0.3) is 0 Å². The maximum atomic E-state index is 6.21. The zero-order valence-electron chi connectivity index (χ0n) is 14.5. The van der Waals surface area contributed by atoms with Gasteiger partial charge in [0, 0.05) is 0 Å². The average molecular weight is 340 g/mol. The second-order valence-electron chi connectivity index (χ2n) is 8.12. The third-order valence-corrected chi connectivity index (χ3v) is 6.00. The summed E-state index contributed by atoms with van der Waals surface area (Å²) >= 11 is 0. The van der Waals surface area contributed by atoms with E-state index in [1.54, 1.807) is 0 Å². The number of hydrogen-bond donors (Lipinski definition) is 2. The van der Waals surface area contributed by atoms with Crippen molar-refractivity contribution in [2.24, 2.45) is 29.2 Å². The van der Waals surface area contributed by atoms with E-state index in [9.17, 15) is 0 Å². The Morgan fingerprint density at radius 1 is 0.708 bits per heavy atom. The number of nitrogens with two attached hydrogens (primary N) is 2. The largest absolute Gasteiger partial charge is 0.373 e. The first kappa shape index (κ1) is 17.2. The summed E-state index contributed by atoms with van der Waals surface area (Å²) in [6.45, 7) is 3.63. The Hall–Kier alpha value is -0.240. The van der Waals surface area contributed by atoms with Crippen molar-refractivity contribution in [1.82, 2.24) is 0 Å². The molecule has 0 amide bonds. The molecule has 0 aromatic heterocycles. The molecular weight excluding hydrogens is 308 g/mol.